The first-order valence-electron chi connectivity index (χ1n) is 7.11. The van der Waals surface area contributed by atoms with Gasteiger partial charge in [-0.25, -0.2) is 0 Å². The lowest BCUT2D eigenvalue weighted by atomic mass is 10.1. The van der Waals surface area contributed by atoms with Gasteiger partial charge in [-0.2, -0.15) is 5.26 Å². The Bertz CT molecular complexity index is 935. The number of para-hydroxylation sites is 2. The third-order valence-corrected chi connectivity index (χ3v) is 3.73. The average molecular weight is 305 g/mol. The van der Waals surface area contributed by atoms with Crippen molar-refractivity contribution in [2.75, 3.05) is 12.4 Å². The van der Waals surface area contributed by atoms with Crippen molar-refractivity contribution in [1.29, 1.82) is 5.26 Å². The average Bonchev–Trinajstić information content (AvgIpc) is 2.91. The number of carbonyl (C=O) groups is 1. The van der Waals surface area contributed by atoms with E-state index in [-0.39, 0.29) is 5.91 Å². The molecule has 23 heavy (non-hydrogen) atoms. The summed E-state index contributed by atoms with van der Waals surface area (Å²) in [6, 6.07) is 14.5. The fourth-order valence-electron chi connectivity index (χ4n) is 2.66. The number of hydrogen-bond acceptors (Lipinski definition) is 3. The van der Waals surface area contributed by atoms with Crippen LogP contribution in [-0.4, -0.2) is 18.0 Å². The lowest BCUT2D eigenvalue weighted by Gasteiger charge is -2.07. The summed E-state index contributed by atoms with van der Waals surface area (Å²) in [7, 11) is 1.59. The Kier molecular flexibility index (Phi) is 3.73. The number of nitrogens with one attached hydrogen (secondary N) is 2. The Hall–Kier alpha value is -3.26. The van der Waals surface area contributed by atoms with Crippen molar-refractivity contribution in [1.82, 2.24) is 4.98 Å². The lowest BCUT2D eigenvalue weighted by Crippen LogP contribution is -2.13. The van der Waals surface area contributed by atoms with Gasteiger partial charge in [0.05, 0.1) is 29.4 Å². The normalized spacial score (nSPS) is 10.3. The van der Waals surface area contributed by atoms with E-state index < -0.39 is 0 Å². The highest BCUT2D eigenvalue weighted by Gasteiger charge is 2.18. The van der Waals surface area contributed by atoms with Crippen LogP contribution < -0.4 is 10.1 Å². The van der Waals surface area contributed by atoms with E-state index in [1.165, 1.54) is 0 Å². The van der Waals surface area contributed by atoms with Crippen molar-refractivity contribution in [2.45, 2.75) is 6.92 Å². The summed E-state index contributed by atoms with van der Waals surface area (Å²) in [6.07, 6.45) is 0. The van der Waals surface area contributed by atoms with Gasteiger partial charge in [0.1, 0.15) is 11.8 Å². The van der Waals surface area contributed by atoms with E-state index in [2.05, 4.69) is 16.4 Å². The number of anilines is 1. The molecule has 1 amide bonds. The molecule has 0 aliphatic carbocycles. The van der Waals surface area contributed by atoms with Crippen LogP contribution in [0.1, 0.15) is 21.6 Å². The van der Waals surface area contributed by atoms with Gasteiger partial charge in [-0.1, -0.05) is 24.3 Å². The third kappa shape index (κ3) is 2.51. The van der Waals surface area contributed by atoms with Gasteiger partial charge >= 0.3 is 0 Å². The number of ether oxygens (including phenoxy) is 1. The minimum Gasteiger partial charge on any atom is -0.495 e. The summed E-state index contributed by atoms with van der Waals surface area (Å²) in [5, 5.41) is 12.7. The molecule has 0 spiro atoms. The zero-order valence-corrected chi connectivity index (χ0v) is 12.8. The van der Waals surface area contributed by atoms with Crippen LogP contribution >= 0.6 is 0 Å². The molecule has 0 radical (unpaired) electrons. The van der Waals surface area contributed by atoms with Gasteiger partial charge in [-0.05, 0) is 25.1 Å². The van der Waals surface area contributed by atoms with Crippen molar-refractivity contribution in [3.63, 3.8) is 0 Å². The van der Waals surface area contributed by atoms with E-state index in [0.29, 0.717) is 22.6 Å². The Morgan fingerprint density at radius 3 is 2.74 bits per heavy atom. The number of hydrogen-bond donors (Lipinski definition) is 2. The Morgan fingerprint density at radius 1 is 1.22 bits per heavy atom. The number of amides is 1. The first-order valence-corrected chi connectivity index (χ1v) is 7.11. The van der Waals surface area contributed by atoms with E-state index >= 15 is 0 Å². The number of benzene rings is 2. The molecule has 0 aliphatic heterocycles. The standard InChI is InChI=1S/C18H15N3O2/c1-11-16(13-7-5-9-15(23-2)17(13)20-11)18(22)21-14-8-4-3-6-12(14)10-19/h3-9,20H,1-2H3,(H,21,22). The second-order valence-electron chi connectivity index (χ2n) is 5.12. The summed E-state index contributed by atoms with van der Waals surface area (Å²) in [4.78, 5) is 15.9. The number of carbonyl (C=O) groups excluding carboxylic acids is 1. The minimum absolute atomic E-state index is 0.260. The molecule has 0 saturated carbocycles. The number of aromatic nitrogens is 1. The molecular weight excluding hydrogens is 290 g/mol. The van der Waals surface area contributed by atoms with E-state index in [9.17, 15) is 4.79 Å². The summed E-state index contributed by atoms with van der Waals surface area (Å²) < 4.78 is 5.32. The first-order chi connectivity index (χ1) is 11.2. The molecular formula is C18H15N3O2. The quantitative estimate of drug-likeness (QED) is 0.776. The lowest BCUT2D eigenvalue weighted by molar-refractivity contribution is 0.102. The SMILES string of the molecule is COc1cccc2c(C(=O)Nc3ccccc3C#N)c(C)[nH]c12. The van der Waals surface area contributed by atoms with E-state index in [4.69, 9.17) is 10.00 Å². The molecule has 1 aromatic heterocycles. The molecule has 0 unspecified atom stereocenters. The van der Waals surface area contributed by atoms with Crippen molar-refractivity contribution in [2.24, 2.45) is 0 Å². The van der Waals surface area contributed by atoms with E-state index in [1.807, 2.05) is 25.1 Å². The predicted molar refractivity (Wildman–Crippen MR) is 88.7 cm³/mol. The zero-order chi connectivity index (χ0) is 16.4. The van der Waals surface area contributed by atoms with Crippen LogP contribution in [0.2, 0.25) is 0 Å². The summed E-state index contributed by atoms with van der Waals surface area (Å²) in [5.41, 5.74) is 3.00. The van der Waals surface area contributed by atoms with Gasteiger partial charge in [-0.3, -0.25) is 4.79 Å². The molecule has 0 bridgehead atoms. The largest absolute Gasteiger partial charge is 0.495 e. The Morgan fingerprint density at radius 2 is 2.00 bits per heavy atom. The number of aryl methyl sites for hydroxylation is 1. The molecule has 0 atom stereocenters. The highest BCUT2D eigenvalue weighted by Crippen LogP contribution is 2.30. The number of fused-ring (bicyclic) bond motifs is 1. The Balaban J connectivity index is 2.05. The maximum absolute atomic E-state index is 12.7. The van der Waals surface area contributed by atoms with Crippen LogP contribution in [-0.2, 0) is 0 Å². The molecule has 5 heteroatoms. The second-order valence-corrected chi connectivity index (χ2v) is 5.12. The number of nitriles is 1. The number of aromatic amines is 1. The molecule has 2 N–H and O–H groups in total. The van der Waals surface area contributed by atoms with Gasteiger partial charge < -0.3 is 15.0 Å². The molecule has 3 aromatic rings. The van der Waals surface area contributed by atoms with Gasteiger partial charge in [0, 0.05) is 11.1 Å². The van der Waals surface area contributed by atoms with Crippen molar-refractivity contribution in [3.05, 3.63) is 59.3 Å². The molecule has 3 rings (SSSR count). The van der Waals surface area contributed by atoms with Crippen LogP contribution in [0.15, 0.2) is 42.5 Å². The predicted octanol–water partition coefficient (Wildman–Crippen LogP) is 3.61. The number of rotatable bonds is 3. The van der Waals surface area contributed by atoms with Gasteiger partial charge in [0.15, 0.2) is 0 Å². The fraction of sp³-hybridized carbons (Fsp3) is 0.111. The fourth-order valence-corrected chi connectivity index (χ4v) is 2.66. The van der Waals surface area contributed by atoms with Gasteiger partial charge in [0.25, 0.3) is 5.91 Å². The van der Waals surface area contributed by atoms with Crippen LogP contribution in [0.3, 0.4) is 0 Å². The monoisotopic (exact) mass is 305 g/mol. The molecule has 1 heterocycles. The van der Waals surface area contributed by atoms with Crippen LogP contribution in [0.4, 0.5) is 5.69 Å². The Labute approximate surface area is 133 Å². The smallest absolute Gasteiger partial charge is 0.258 e. The maximum atomic E-state index is 12.7. The molecule has 5 nitrogen and oxygen atoms in total. The summed E-state index contributed by atoms with van der Waals surface area (Å²) in [5.74, 6) is 0.423. The highest BCUT2D eigenvalue weighted by molar-refractivity contribution is 6.15. The number of H-pyrrole nitrogens is 1. The van der Waals surface area contributed by atoms with Crippen molar-refractivity contribution < 1.29 is 9.53 Å². The van der Waals surface area contributed by atoms with Crippen LogP contribution in [0, 0.1) is 18.3 Å². The molecule has 0 fully saturated rings. The van der Waals surface area contributed by atoms with Crippen molar-refractivity contribution >= 4 is 22.5 Å². The molecule has 0 saturated heterocycles. The van der Waals surface area contributed by atoms with Crippen LogP contribution in [0.5, 0.6) is 5.75 Å². The number of methoxy groups -OCH3 is 1. The molecule has 2 aromatic carbocycles. The summed E-state index contributed by atoms with van der Waals surface area (Å²) >= 11 is 0. The second kappa shape index (κ2) is 5.85. The van der Waals surface area contributed by atoms with Gasteiger partial charge in [0.2, 0.25) is 0 Å². The minimum atomic E-state index is -0.260. The molecule has 0 aliphatic rings. The topological polar surface area (TPSA) is 77.9 Å². The van der Waals surface area contributed by atoms with Gasteiger partial charge in [-0.15, -0.1) is 0 Å². The van der Waals surface area contributed by atoms with E-state index in [0.717, 1.165) is 16.6 Å². The molecule has 114 valence electrons. The van der Waals surface area contributed by atoms with Crippen LogP contribution in [0.25, 0.3) is 10.9 Å². The number of nitrogens with zero attached hydrogens (tertiary/aromatic N) is 1. The highest BCUT2D eigenvalue weighted by atomic mass is 16.5. The first kappa shape index (κ1) is 14.7. The third-order valence-electron chi connectivity index (χ3n) is 3.73. The van der Waals surface area contributed by atoms with Crippen molar-refractivity contribution in [3.8, 4) is 11.8 Å². The maximum Gasteiger partial charge on any atom is 0.258 e. The summed E-state index contributed by atoms with van der Waals surface area (Å²) in [6.45, 7) is 1.84. The van der Waals surface area contributed by atoms with E-state index in [1.54, 1.807) is 31.4 Å². The zero-order valence-electron chi connectivity index (χ0n) is 12.8.